The van der Waals surface area contributed by atoms with Crippen LogP contribution in [0.5, 0.6) is 0 Å². The molecular weight excluding hydrogens is 675 g/mol. The smallest absolute Gasteiger partial charge is 0.00944 e. The molecule has 0 N–H and O–H groups in total. The Hall–Kier alpha value is -2.26. The summed E-state index contributed by atoms with van der Waals surface area (Å²) in [6.45, 7) is 29.1. The van der Waals surface area contributed by atoms with Crippen molar-refractivity contribution in [2.75, 3.05) is 0 Å². The second-order valence-electron chi connectivity index (χ2n) is 15.7. The second-order valence-corrected chi connectivity index (χ2v) is 20.8. The van der Waals surface area contributed by atoms with Crippen LogP contribution in [0.3, 0.4) is 0 Å². The van der Waals surface area contributed by atoms with Gasteiger partial charge in [-0.15, -0.1) is 0 Å². The molecule has 0 saturated carbocycles. The van der Waals surface area contributed by atoms with Crippen LogP contribution in [0.2, 0.25) is 0 Å². The first-order valence-electron chi connectivity index (χ1n) is 21.7. The monoisotopic (exact) mass is 749 g/mol. The van der Waals surface area contributed by atoms with Crippen molar-refractivity contribution in [1.82, 2.24) is 0 Å². The van der Waals surface area contributed by atoms with E-state index < -0.39 is 15.8 Å². The van der Waals surface area contributed by atoms with Gasteiger partial charge in [-0.25, -0.2) is 0 Å². The Bertz CT molecular complexity index is 1420. The number of aryl methyl sites for hydroxylation is 8. The first kappa shape index (κ1) is 43.5. The Morgan fingerprint density at radius 1 is 0.340 bits per heavy atom. The first-order chi connectivity index (χ1) is 25.6. The van der Waals surface area contributed by atoms with Crippen molar-refractivity contribution in [3.63, 3.8) is 0 Å². The minimum atomic E-state index is -0.633. The maximum atomic E-state index is 2.72. The predicted octanol–water partition coefficient (Wildman–Crippen LogP) is 13.1. The summed E-state index contributed by atoms with van der Waals surface area (Å²) >= 11 is 0. The lowest BCUT2D eigenvalue weighted by Crippen LogP contribution is -2.46. The van der Waals surface area contributed by atoms with Crippen molar-refractivity contribution in [1.29, 1.82) is 0 Å². The normalized spacial score (nSPS) is 13.2. The van der Waals surface area contributed by atoms with Gasteiger partial charge in [0.15, 0.2) is 0 Å². The predicted molar refractivity (Wildman–Crippen MR) is 244 cm³/mol. The fraction of sp³-hybridized carbons (Fsp3) is 0.529. The first-order valence-corrected chi connectivity index (χ1v) is 24.5. The minimum absolute atomic E-state index is 0.174. The van der Waals surface area contributed by atoms with Gasteiger partial charge in [0.1, 0.15) is 0 Å². The van der Waals surface area contributed by atoms with Gasteiger partial charge in [-0.2, -0.15) is 0 Å². The third kappa shape index (κ3) is 10.1. The summed E-state index contributed by atoms with van der Waals surface area (Å²) in [5, 5.41) is 6.42. The quantitative estimate of drug-likeness (QED) is 0.0790. The van der Waals surface area contributed by atoms with Gasteiger partial charge in [0.25, 0.3) is 0 Å². The van der Waals surface area contributed by atoms with Gasteiger partial charge in [-0.05, 0) is 163 Å². The largest absolute Gasteiger partial charge is 0.0654 e. The molecule has 2 unspecified atom stereocenters. The van der Waals surface area contributed by atoms with E-state index in [0.717, 1.165) is 51.4 Å². The van der Waals surface area contributed by atoms with E-state index in [1.165, 1.54) is 70.2 Å². The van der Waals surface area contributed by atoms with Crippen molar-refractivity contribution in [3.05, 3.63) is 117 Å². The molecule has 4 aromatic rings. The molecule has 0 radical (unpaired) electrons. The number of rotatable bonds is 20. The van der Waals surface area contributed by atoms with Crippen molar-refractivity contribution < 1.29 is 0 Å². The lowest BCUT2D eigenvalue weighted by Gasteiger charge is -2.50. The highest BCUT2D eigenvalue weighted by molar-refractivity contribution is 7.74. The van der Waals surface area contributed by atoms with E-state index in [1.807, 2.05) is 0 Å². The number of hydrogen-bond acceptors (Lipinski definition) is 0. The average Bonchev–Trinajstić information content (AvgIpc) is 3.19. The lowest BCUT2D eigenvalue weighted by molar-refractivity contribution is 0.228. The van der Waals surface area contributed by atoms with Gasteiger partial charge in [0.2, 0.25) is 0 Å². The fourth-order valence-corrected chi connectivity index (χ4v) is 16.0. The minimum Gasteiger partial charge on any atom is -0.0654 e. The Labute approximate surface area is 329 Å². The maximum absolute atomic E-state index is 2.72. The van der Waals surface area contributed by atoms with Crippen LogP contribution in [-0.4, -0.2) is 11.3 Å². The average molecular weight is 749 g/mol. The van der Waals surface area contributed by atoms with Crippen molar-refractivity contribution in [3.8, 4) is 0 Å². The molecule has 2 atom stereocenters. The van der Waals surface area contributed by atoms with Crippen molar-refractivity contribution in [2.24, 2.45) is 5.41 Å². The van der Waals surface area contributed by atoms with Gasteiger partial charge < -0.3 is 0 Å². The summed E-state index contributed by atoms with van der Waals surface area (Å²) < 4.78 is 0. The molecule has 0 bridgehead atoms. The third-order valence-corrected chi connectivity index (χ3v) is 18.2. The number of hydrogen-bond donors (Lipinski definition) is 0. The Morgan fingerprint density at radius 2 is 0.528 bits per heavy atom. The molecule has 0 aliphatic heterocycles. The SMILES string of the molecule is CCCC(CCC)(C(C)P(c1cc(CC)cc(CC)c1)c1cc(CC)cc(CC)c1)C(C)P(c1cc(CC)cc(CC)c1)c1cc(CC)cc(CC)c1. The van der Waals surface area contributed by atoms with Crippen molar-refractivity contribution >= 4 is 37.1 Å². The molecule has 0 aliphatic rings. The molecule has 4 rings (SSSR count). The molecule has 288 valence electrons. The topological polar surface area (TPSA) is 0 Å². The zero-order valence-corrected chi connectivity index (χ0v) is 37.8. The third-order valence-electron chi connectivity index (χ3n) is 12.4. The van der Waals surface area contributed by atoms with Crippen LogP contribution >= 0.6 is 15.8 Å². The van der Waals surface area contributed by atoms with Crippen LogP contribution in [0.15, 0.2) is 72.8 Å². The molecule has 0 fully saturated rings. The van der Waals surface area contributed by atoms with Crippen LogP contribution in [0.1, 0.15) is 153 Å². The van der Waals surface area contributed by atoms with E-state index in [2.05, 4.69) is 156 Å². The van der Waals surface area contributed by atoms with E-state index >= 15 is 0 Å². The summed E-state index contributed by atoms with van der Waals surface area (Å²) in [5.41, 5.74) is 13.2. The van der Waals surface area contributed by atoms with Gasteiger partial charge >= 0.3 is 0 Å². The molecule has 0 nitrogen and oxygen atoms in total. The molecule has 4 aromatic carbocycles. The summed E-state index contributed by atoms with van der Waals surface area (Å²) in [6, 6.07) is 30.9. The highest BCUT2D eigenvalue weighted by atomic mass is 31.1. The molecule has 2 heteroatoms. The zero-order valence-electron chi connectivity index (χ0n) is 36.0. The fourth-order valence-electron chi connectivity index (χ4n) is 9.11. The van der Waals surface area contributed by atoms with E-state index in [-0.39, 0.29) is 5.41 Å². The molecular formula is C51H74P2. The zero-order chi connectivity index (χ0) is 38.7. The van der Waals surface area contributed by atoms with E-state index in [9.17, 15) is 0 Å². The highest BCUT2D eigenvalue weighted by Gasteiger charge is 2.47. The summed E-state index contributed by atoms with van der Waals surface area (Å²) in [4.78, 5) is 0. The molecule has 0 saturated heterocycles. The standard InChI is InChI=1S/C51H74P2/c1-13-23-51(24-14-2,37(11)52(47-29-39(15-3)25-40(16-4)30-47)48-31-41(17-5)26-42(18-6)32-48)38(12)53(49-33-43(19-7)27-44(20-8)34-49)50-35-45(21-9)28-46(22-10)36-50/h25-38H,13-24H2,1-12H3. The summed E-state index contributed by atoms with van der Waals surface area (Å²) in [6.07, 6.45) is 13.7. The molecule has 53 heavy (non-hydrogen) atoms. The van der Waals surface area contributed by atoms with Crippen LogP contribution in [0, 0.1) is 5.41 Å². The highest BCUT2D eigenvalue weighted by Crippen LogP contribution is 2.60. The van der Waals surface area contributed by atoms with Crippen LogP contribution in [0.25, 0.3) is 0 Å². The Morgan fingerprint density at radius 3 is 0.679 bits per heavy atom. The number of benzene rings is 4. The van der Waals surface area contributed by atoms with E-state index in [1.54, 1.807) is 21.2 Å². The summed E-state index contributed by atoms with van der Waals surface area (Å²) in [5.74, 6) is 0. The Kier molecular flexibility index (Phi) is 16.9. The van der Waals surface area contributed by atoms with Crippen LogP contribution in [0.4, 0.5) is 0 Å². The second kappa shape index (κ2) is 20.6. The van der Waals surface area contributed by atoms with Crippen LogP contribution < -0.4 is 21.2 Å². The van der Waals surface area contributed by atoms with Crippen LogP contribution in [-0.2, 0) is 51.4 Å². The van der Waals surface area contributed by atoms with Crippen molar-refractivity contribution in [2.45, 2.75) is 171 Å². The van der Waals surface area contributed by atoms with E-state index in [4.69, 9.17) is 0 Å². The maximum Gasteiger partial charge on any atom is -0.00944 e. The lowest BCUT2D eigenvalue weighted by atomic mass is 9.74. The Balaban J connectivity index is 2.10. The van der Waals surface area contributed by atoms with Gasteiger partial charge in [-0.3, -0.25) is 0 Å². The molecule has 0 heterocycles. The molecule has 0 aliphatic carbocycles. The molecule has 0 spiro atoms. The van der Waals surface area contributed by atoms with Gasteiger partial charge in [-0.1, -0.05) is 169 Å². The molecule has 0 amide bonds. The summed E-state index contributed by atoms with van der Waals surface area (Å²) in [7, 11) is -1.27. The van der Waals surface area contributed by atoms with E-state index in [0.29, 0.717) is 11.3 Å². The van der Waals surface area contributed by atoms with Gasteiger partial charge in [0, 0.05) is 0 Å². The molecule has 0 aromatic heterocycles. The van der Waals surface area contributed by atoms with Gasteiger partial charge in [0.05, 0.1) is 0 Å².